The van der Waals surface area contributed by atoms with Gasteiger partial charge in [0.25, 0.3) is 0 Å². The first-order valence-electron chi connectivity index (χ1n) is 8.32. The van der Waals surface area contributed by atoms with Crippen molar-refractivity contribution in [2.24, 2.45) is 0 Å². The van der Waals surface area contributed by atoms with Crippen molar-refractivity contribution in [3.8, 4) is 0 Å². The zero-order valence-corrected chi connectivity index (χ0v) is 14.9. The van der Waals surface area contributed by atoms with Crippen LogP contribution in [-0.4, -0.2) is 40.1 Å². The lowest BCUT2D eigenvalue weighted by molar-refractivity contribution is -0.133. The predicted octanol–water partition coefficient (Wildman–Crippen LogP) is 2.74. The molecule has 24 heavy (non-hydrogen) atoms. The van der Waals surface area contributed by atoms with E-state index in [2.05, 4.69) is 16.5 Å². The minimum Gasteiger partial charge on any atom is -0.382 e. The van der Waals surface area contributed by atoms with Gasteiger partial charge >= 0.3 is 0 Å². The summed E-state index contributed by atoms with van der Waals surface area (Å²) in [6.45, 7) is 7.27. The van der Waals surface area contributed by atoms with Crippen molar-refractivity contribution >= 4 is 34.4 Å². The number of nitrogen functional groups attached to an aromatic ring is 1. The van der Waals surface area contributed by atoms with Crippen LogP contribution in [0.15, 0.2) is 6.07 Å². The molecule has 2 N–H and O–H groups in total. The number of halogens is 1. The first-order chi connectivity index (χ1) is 11.5. The zero-order valence-electron chi connectivity index (χ0n) is 14.1. The fourth-order valence-corrected chi connectivity index (χ4v) is 3.31. The molecular weight excluding hydrogens is 328 g/mol. The van der Waals surface area contributed by atoms with Crippen molar-refractivity contribution in [3.05, 3.63) is 22.3 Å². The van der Waals surface area contributed by atoms with Gasteiger partial charge in [-0.1, -0.05) is 18.5 Å². The number of pyridine rings is 1. The number of aromatic nitrogens is 2. The minimum absolute atomic E-state index is 0.132. The van der Waals surface area contributed by atoms with Gasteiger partial charge in [0.2, 0.25) is 5.91 Å². The van der Waals surface area contributed by atoms with Crippen LogP contribution in [0.4, 0.5) is 5.82 Å². The highest BCUT2D eigenvalue weighted by molar-refractivity contribution is 6.33. The van der Waals surface area contributed by atoms with E-state index in [1.54, 1.807) is 0 Å². The molecule has 0 atom stereocenters. The summed E-state index contributed by atoms with van der Waals surface area (Å²) in [5, 5.41) is 1.47. The van der Waals surface area contributed by atoms with Gasteiger partial charge < -0.3 is 19.9 Å². The molecule has 6 nitrogen and oxygen atoms in total. The Kier molecular flexibility index (Phi) is 4.96. The molecule has 130 valence electrons. The first-order valence-corrected chi connectivity index (χ1v) is 8.70. The summed E-state index contributed by atoms with van der Waals surface area (Å²) in [5.41, 5.74) is 8.91. The van der Waals surface area contributed by atoms with E-state index in [1.165, 1.54) is 0 Å². The third-order valence-corrected chi connectivity index (χ3v) is 4.80. The van der Waals surface area contributed by atoms with E-state index < -0.39 is 0 Å². The summed E-state index contributed by atoms with van der Waals surface area (Å²) in [7, 11) is 0. The van der Waals surface area contributed by atoms with Gasteiger partial charge in [-0.05, 0) is 25.0 Å². The molecule has 3 rings (SSSR count). The van der Waals surface area contributed by atoms with Crippen LogP contribution >= 0.6 is 11.6 Å². The van der Waals surface area contributed by atoms with Crippen LogP contribution in [-0.2, 0) is 22.6 Å². The Labute approximate surface area is 146 Å². The molecule has 1 amide bonds. The Morgan fingerprint density at radius 2 is 2.21 bits per heavy atom. The smallest absolute Gasteiger partial charge is 0.225 e. The van der Waals surface area contributed by atoms with E-state index in [9.17, 15) is 4.79 Å². The van der Waals surface area contributed by atoms with Gasteiger partial charge in [-0.15, -0.1) is 0 Å². The quantitative estimate of drug-likeness (QED) is 0.841. The summed E-state index contributed by atoms with van der Waals surface area (Å²) < 4.78 is 7.57. The maximum absolute atomic E-state index is 12.4. The maximum atomic E-state index is 12.4. The largest absolute Gasteiger partial charge is 0.382 e. The molecule has 2 aromatic rings. The van der Waals surface area contributed by atoms with Crippen molar-refractivity contribution in [2.75, 3.05) is 25.5 Å². The van der Waals surface area contributed by atoms with Gasteiger partial charge in [-0.25, -0.2) is 4.98 Å². The molecule has 0 bridgehead atoms. The summed E-state index contributed by atoms with van der Waals surface area (Å²) in [6, 6.07) is 1.87. The second-order valence-electron chi connectivity index (χ2n) is 6.13. The second-order valence-corrected chi connectivity index (χ2v) is 6.53. The van der Waals surface area contributed by atoms with Gasteiger partial charge in [0.15, 0.2) is 0 Å². The standard InChI is InChI=1S/C17H23ClN4O2/c1-3-7-24-8-4-15(23)21-5-6-22-14(10-21)11(2)12-9-13(18)16(19)20-17(12)22/h9H,3-8,10H2,1-2H3,(H2,19,20). The number of ether oxygens (including phenoxy) is 1. The molecule has 0 spiro atoms. The molecule has 1 aliphatic rings. The number of rotatable bonds is 5. The molecule has 0 aromatic carbocycles. The number of hydrogen-bond donors (Lipinski definition) is 1. The van der Waals surface area contributed by atoms with Crippen molar-refractivity contribution in [1.29, 1.82) is 0 Å². The number of nitrogens with zero attached hydrogens (tertiary/aromatic N) is 3. The predicted molar refractivity (Wildman–Crippen MR) is 95.0 cm³/mol. The van der Waals surface area contributed by atoms with Crippen molar-refractivity contribution in [2.45, 2.75) is 39.8 Å². The lowest BCUT2D eigenvalue weighted by Crippen LogP contribution is -2.38. The lowest BCUT2D eigenvalue weighted by Gasteiger charge is -2.29. The fourth-order valence-electron chi connectivity index (χ4n) is 3.16. The van der Waals surface area contributed by atoms with E-state index in [0.29, 0.717) is 43.6 Å². The fraction of sp³-hybridized carbons (Fsp3) is 0.529. The van der Waals surface area contributed by atoms with Crippen LogP contribution in [0.3, 0.4) is 0 Å². The van der Waals surface area contributed by atoms with Crippen LogP contribution in [0.1, 0.15) is 31.0 Å². The molecule has 1 aliphatic heterocycles. The van der Waals surface area contributed by atoms with E-state index in [-0.39, 0.29) is 5.91 Å². The van der Waals surface area contributed by atoms with Crippen molar-refractivity contribution in [3.63, 3.8) is 0 Å². The molecule has 0 saturated heterocycles. The van der Waals surface area contributed by atoms with Gasteiger partial charge in [0, 0.05) is 30.8 Å². The highest BCUT2D eigenvalue weighted by Crippen LogP contribution is 2.31. The van der Waals surface area contributed by atoms with Gasteiger partial charge in [0.1, 0.15) is 11.5 Å². The summed E-state index contributed by atoms with van der Waals surface area (Å²) in [5.74, 6) is 0.476. The van der Waals surface area contributed by atoms with E-state index >= 15 is 0 Å². The van der Waals surface area contributed by atoms with E-state index in [1.807, 2.05) is 17.9 Å². The molecule has 3 heterocycles. The molecule has 0 unspecified atom stereocenters. The number of carbonyl (C=O) groups is 1. The molecule has 0 fully saturated rings. The van der Waals surface area contributed by atoms with Crippen LogP contribution in [0.5, 0.6) is 0 Å². The number of amides is 1. The average Bonchev–Trinajstić information content (AvgIpc) is 2.84. The second kappa shape index (κ2) is 6.99. The normalized spacial score (nSPS) is 14.2. The molecule has 2 aromatic heterocycles. The first kappa shape index (κ1) is 17.0. The Morgan fingerprint density at radius 1 is 1.42 bits per heavy atom. The monoisotopic (exact) mass is 350 g/mol. The number of hydrogen-bond acceptors (Lipinski definition) is 4. The maximum Gasteiger partial charge on any atom is 0.225 e. The van der Waals surface area contributed by atoms with Gasteiger partial charge in [-0.3, -0.25) is 4.79 Å². The van der Waals surface area contributed by atoms with Gasteiger partial charge in [-0.2, -0.15) is 0 Å². The Hall–Kier alpha value is -1.79. The number of nitrogens with two attached hydrogens (primary N) is 1. The number of fused-ring (bicyclic) bond motifs is 3. The van der Waals surface area contributed by atoms with Crippen LogP contribution < -0.4 is 5.73 Å². The Morgan fingerprint density at radius 3 is 2.96 bits per heavy atom. The number of carbonyl (C=O) groups excluding carboxylic acids is 1. The minimum atomic E-state index is 0.132. The molecule has 7 heteroatoms. The number of anilines is 1. The zero-order chi connectivity index (χ0) is 17.3. The van der Waals surface area contributed by atoms with Gasteiger partial charge in [0.05, 0.1) is 24.6 Å². The summed E-state index contributed by atoms with van der Waals surface area (Å²) in [6.07, 6.45) is 1.40. The van der Waals surface area contributed by atoms with E-state index in [4.69, 9.17) is 22.1 Å². The highest BCUT2D eigenvalue weighted by atomic mass is 35.5. The van der Waals surface area contributed by atoms with Crippen LogP contribution in [0.25, 0.3) is 11.0 Å². The lowest BCUT2D eigenvalue weighted by atomic mass is 10.1. The topological polar surface area (TPSA) is 73.4 Å². The van der Waals surface area contributed by atoms with Crippen LogP contribution in [0, 0.1) is 6.92 Å². The highest BCUT2D eigenvalue weighted by Gasteiger charge is 2.25. The average molecular weight is 351 g/mol. The number of aryl methyl sites for hydroxylation is 1. The van der Waals surface area contributed by atoms with E-state index in [0.717, 1.165) is 35.3 Å². The third-order valence-electron chi connectivity index (χ3n) is 4.50. The molecule has 0 aliphatic carbocycles. The Bertz CT molecular complexity index is 772. The van der Waals surface area contributed by atoms with Crippen molar-refractivity contribution in [1.82, 2.24) is 14.5 Å². The van der Waals surface area contributed by atoms with Crippen molar-refractivity contribution < 1.29 is 9.53 Å². The molecule has 0 radical (unpaired) electrons. The Balaban J connectivity index is 1.79. The molecular formula is C17H23ClN4O2. The SMILES string of the molecule is CCCOCCC(=O)N1CCn2c(c(C)c3cc(Cl)c(N)nc32)C1. The summed E-state index contributed by atoms with van der Waals surface area (Å²) >= 11 is 6.11. The van der Waals surface area contributed by atoms with Crippen LogP contribution in [0.2, 0.25) is 5.02 Å². The summed E-state index contributed by atoms with van der Waals surface area (Å²) in [4.78, 5) is 18.7. The molecule has 0 saturated carbocycles. The third kappa shape index (κ3) is 3.08.